The molecule has 2 aromatic carbocycles. The first-order valence-electron chi connectivity index (χ1n) is 9.55. The lowest BCUT2D eigenvalue weighted by Crippen LogP contribution is -2.38. The summed E-state index contributed by atoms with van der Waals surface area (Å²) in [4.78, 5) is 14.7. The lowest BCUT2D eigenvalue weighted by Gasteiger charge is -2.28. The van der Waals surface area contributed by atoms with Crippen LogP contribution < -0.4 is 10.1 Å². The number of hydrogen-bond acceptors (Lipinski definition) is 3. The van der Waals surface area contributed by atoms with Gasteiger partial charge in [-0.2, -0.15) is 0 Å². The van der Waals surface area contributed by atoms with Crippen molar-refractivity contribution in [2.75, 3.05) is 32.8 Å². The van der Waals surface area contributed by atoms with Crippen LogP contribution in [0.3, 0.4) is 0 Å². The van der Waals surface area contributed by atoms with Gasteiger partial charge in [-0.05, 0) is 42.5 Å². The fourth-order valence-electron chi connectivity index (χ4n) is 4.40. The monoisotopic (exact) mass is 384 g/mol. The summed E-state index contributed by atoms with van der Waals surface area (Å²) in [5.41, 5.74) is 1.55. The molecule has 1 amide bonds. The van der Waals surface area contributed by atoms with Crippen molar-refractivity contribution >= 4 is 17.5 Å². The molecule has 2 heterocycles. The van der Waals surface area contributed by atoms with Gasteiger partial charge in [0.05, 0.1) is 0 Å². The first-order valence-corrected chi connectivity index (χ1v) is 9.93. The van der Waals surface area contributed by atoms with Gasteiger partial charge in [0.15, 0.2) is 6.61 Å². The number of carbonyl (C=O) groups is 1. The standard InChI is InChI=1S/C22H25ClN2O2/c23-19-7-4-8-20(11-19)27-14-21(26)25-13-18-12-24-15-22(18,16-25)10-9-17-5-2-1-3-6-17/h1-8,11,18,24H,9-10,12-16H2. The number of hydrogen-bond donors (Lipinski definition) is 1. The van der Waals surface area contributed by atoms with Crippen LogP contribution in [0.15, 0.2) is 54.6 Å². The highest BCUT2D eigenvalue weighted by molar-refractivity contribution is 6.30. The Balaban J connectivity index is 1.36. The molecule has 2 atom stereocenters. The van der Waals surface area contributed by atoms with Gasteiger partial charge in [-0.1, -0.05) is 48.0 Å². The molecule has 5 heteroatoms. The fraction of sp³-hybridized carbons (Fsp3) is 0.409. The predicted octanol–water partition coefficient (Wildman–Crippen LogP) is 3.40. The molecule has 0 spiro atoms. The summed E-state index contributed by atoms with van der Waals surface area (Å²) < 4.78 is 5.65. The number of nitrogens with zero attached hydrogens (tertiary/aromatic N) is 1. The number of nitrogens with one attached hydrogen (secondary N) is 1. The van der Waals surface area contributed by atoms with Gasteiger partial charge in [0.2, 0.25) is 0 Å². The van der Waals surface area contributed by atoms with Crippen LogP contribution in [-0.4, -0.2) is 43.6 Å². The van der Waals surface area contributed by atoms with Crippen LogP contribution >= 0.6 is 11.6 Å². The molecule has 142 valence electrons. The zero-order valence-electron chi connectivity index (χ0n) is 15.4. The molecule has 4 nitrogen and oxygen atoms in total. The molecule has 0 aromatic heterocycles. The highest BCUT2D eigenvalue weighted by atomic mass is 35.5. The van der Waals surface area contributed by atoms with Gasteiger partial charge < -0.3 is 15.0 Å². The molecule has 2 aromatic rings. The number of halogens is 1. The molecule has 0 bridgehead atoms. The van der Waals surface area contributed by atoms with Crippen molar-refractivity contribution in [2.24, 2.45) is 11.3 Å². The molecular weight excluding hydrogens is 360 g/mol. The lowest BCUT2D eigenvalue weighted by molar-refractivity contribution is -0.132. The Labute approximate surface area is 165 Å². The van der Waals surface area contributed by atoms with Crippen molar-refractivity contribution in [2.45, 2.75) is 12.8 Å². The van der Waals surface area contributed by atoms with Crippen molar-refractivity contribution in [1.82, 2.24) is 10.2 Å². The predicted molar refractivity (Wildman–Crippen MR) is 107 cm³/mol. The topological polar surface area (TPSA) is 41.6 Å². The van der Waals surface area contributed by atoms with Crippen molar-refractivity contribution in [3.63, 3.8) is 0 Å². The minimum atomic E-state index is 0.0588. The Hall–Kier alpha value is -2.04. The van der Waals surface area contributed by atoms with Crippen LogP contribution in [-0.2, 0) is 11.2 Å². The number of rotatable bonds is 6. The van der Waals surface area contributed by atoms with Crippen LogP contribution in [0.5, 0.6) is 5.75 Å². The minimum Gasteiger partial charge on any atom is -0.484 e. The Morgan fingerprint density at radius 1 is 1.22 bits per heavy atom. The lowest BCUT2D eigenvalue weighted by atomic mass is 9.76. The van der Waals surface area contributed by atoms with Gasteiger partial charge in [-0.3, -0.25) is 4.79 Å². The molecule has 2 fully saturated rings. The number of fused-ring (bicyclic) bond motifs is 1. The molecule has 2 unspecified atom stereocenters. The van der Waals surface area contributed by atoms with E-state index in [9.17, 15) is 4.79 Å². The molecule has 0 radical (unpaired) electrons. The smallest absolute Gasteiger partial charge is 0.260 e. The zero-order valence-corrected chi connectivity index (χ0v) is 16.1. The molecule has 2 saturated heterocycles. The number of aryl methyl sites for hydroxylation is 1. The second-order valence-corrected chi connectivity index (χ2v) is 8.13. The number of likely N-dealkylation sites (tertiary alicyclic amines) is 1. The van der Waals surface area contributed by atoms with E-state index in [2.05, 4.69) is 35.6 Å². The number of benzene rings is 2. The molecule has 4 rings (SSSR count). The van der Waals surface area contributed by atoms with Gasteiger partial charge in [-0.25, -0.2) is 0 Å². The van der Waals surface area contributed by atoms with E-state index in [1.807, 2.05) is 17.0 Å². The third kappa shape index (κ3) is 4.12. The van der Waals surface area contributed by atoms with Crippen molar-refractivity contribution < 1.29 is 9.53 Å². The maximum absolute atomic E-state index is 12.7. The molecule has 0 aliphatic carbocycles. The van der Waals surface area contributed by atoms with E-state index in [4.69, 9.17) is 16.3 Å². The van der Waals surface area contributed by atoms with Crippen LogP contribution in [0.2, 0.25) is 5.02 Å². The molecule has 27 heavy (non-hydrogen) atoms. The van der Waals surface area contributed by atoms with E-state index in [1.54, 1.807) is 12.1 Å². The molecular formula is C22H25ClN2O2. The summed E-state index contributed by atoms with van der Waals surface area (Å²) in [5.74, 6) is 1.22. The minimum absolute atomic E-state index is 0.0588. The van der Waals surface area contributed by atoms with Gasteiger partial charge in [0.1, 0.15) is 5.75 Å². The quantitative estimate of drug-likeness (QED) is 0.829. The molecule has 0 saturated carbocycles. The van der Waals surface area contributed by atoms with Crippen molar-refractivity contribution in [3.05, 3.63) is 65.2 Å². The van der Waals surface area contributed by atoms with E-state index < -0.39 is 0 Å². The number of ether oxygens (including phenoxy) is 1. The second-order valence-electron chi connectivity index (χ2n) is 7.70. The average molecular weight is 385 g/mol. The van der Waals surface area contributed by atoms with Crippen molar-refractivity contribution in [1.29, 1.82) is 0 Å². The third-order valence-electron chi connectivity index (χ3n) is 5.95. The number of carbonyl (C=O) groups excluding carboxylic acids is 1. The maximum Gasteiger partial charge on any atom is 0.260 e. The summed E-state index contributed by atoms with van der Waals surface area (Å²) in [6.45, 7) is 3.68. The van der Waals surface area contributed by atoms with Gasteiger partial charge in [-0.15, -0.1) is 0 Å². The summed E-state index contributed by atoms with van der Waals surface area (Å²) in [7, 11) is 0. The van der Waals surface area contributed by atoms with Gasteiger partial charge >= 0.3 is 0 Å². The highest BCUT2D eigenvalue weighted by Gasteiger charge is 2.50. The van der Waals surface area contributed by atoms with E-state index in [1.165, 1.54) is 5.56 Å². The van der Waals surface area contributed by atoms with Crippen LogP contribution in [0.1, 0.15) is 12.0 Å². The summed E-state index contributed by atoms with van der Waals surface area (Å²) in [5, 5.41) is 4.15. The van der Waals surface area contributed by atoms with E-state index in [0.29, 0.717) is 16.7 Å². The Morgan fingerprint density at radius 3 is 2.89 bits per heavy atom. The summed E-state index contributed by atoms with van der Waals surface area (Å²) in [6, 6.07) is 17.8. The van der Waals surface area contributed by atoms with Crippen LogP contribution in [0, 0.1) is 11.3 Å². The molecule has 1 N–H and O–H groups in total. The molecule has 2 aliphatic heterocycles. The summed E-state index contributed by atoms with van der Waals surface area (Å²) >= 11 is 5.97. The van der Waals surface area contributed by atoms with E-state index >= 15 is 0 Å². The van der Waals surface area contributed by atoms with E-state index in [-0.39, 0.29) is 17.9 Å². The van der Waals surface area contributed by atoms with Crippen molar-refractivity contribution in [3.8, 4) is 5.75 Å². The molecule has 2 aliphatic rings. The normalized spacial score (nSPS) is 24.0. The first-order chi connectivity index (χ1) is 13.1. The number of amides is 1. The Bertz CT molecular complexity index is 798. The SMILES string of the molecule is O=C(COc1cccc(Cl)c1)N1CC2CNCC2(CCc2ccccc2)C1. The third-order valence-corrected chi connectivity index (χ3v) is 6.18. The second kappa shape index (κ2) is 7.91. The maximum atomic E-state index is 12.7. The summed E-state index contributed by atoms with van der Waals surface area (Å²) in [6.07, 6.45) is 2.16. The Morgan fingerprint density at radius 2 is 2.07 bits per heavy atom. The largest absolute Gasteiger partial charge is 0.484 e. The van der Waals surface area contributed by atoms with E-state index in [0.717, 1.165) is 39.0 Å². The van der Waals surface area contributed by atoms with Crippen LogP contribution in [0.25, 0.3) is 0 Å². The first kappa shape index (κ1) is 18.3. The van der Waals surface area contributed by atoms with Gasteiger partial charge in [0, 0.05) is 36.6 Å². The highest BCUT2D eigenvalue weighted by Crippen LogP contribution is 2.42. The fourth-order valence-corrected chi connectivity index (χ4v) is 4.58. The van der Waals surface area contributed by atoms with Crippen LogP contribution in [0.4, 0.5) is 0 Å². The van der Waals surface area contributed by atoms with Gasteiger partial charge in [0.25, 0.3) is 5.91 Å². The average Bonchev–Trinajstić information content (AvgIpc) is 3.23. The Kier molecular flexibility index (Phi) is 5.37. The zero-order chi connectivity index (χ0) is 18.7.